The molecule has 0 aliphatic heterocycles. The number of rotatable bonds is 4. The average Bonchev–Trinajstić information content (AvgIpc) is 2.84. The fourth-order valence-electron chi connectivity index (χ4n) is 3.15. The topological polar surface area (TPSA) is 65.5 Å². The molecule has 0 bridgehead atoms. The summed E-state index contributed by atoms with van der Waals surface area (Å²) in [6.45, 7) is 0.516. The summed E-state index contributed by atoms with van der Waals surface area (Å²) >= 11 is 0. The highest BCUT2D eigenvalue weighted by molar-refractivity contribution is 6.07. The molecule has 1 heterocycles. The molecule has 4 heteroatoms. The van der Waals surface area contributed by atoms with Crippen molar-refractivity contribution >= 4 is 22.4 Å². The van der Waals surface area contributed by atoms with Crippen molar-refractivity contribution in [3.8, 4) is 0 Å². The van der Waals surface area contributed by atoms with Crippen molar-refractivity contribution < 1.29 is 13.9 Å². The van der Waals surface area contributed by atoms with Crippen LogP contribution in [0.15, 0.2) is 22.6 Å². The van der Waals surface area contributed by atoms with Crippen LogP contribution in [-0.2, 0) is 11.3 Å². The summed E-state index contributed by atoms with van der Waals surface area (Å²) in [5.74, 6) is 0.475. The van der Waals surface area contributed by atoms with Crippen molar-refractivity contribution in [1.29, 1.82) is 0 Å². The minimum atomic E-state index is 0.0664. The van der Waals surface area contributed by atoms with E-state index in [-0.39, 0.29) is 11.7 Å². The molecule has 2 aromatic rings. The summed E-state index contributed by atoms with van der Waals surface area (Å²) < 4.78 is 10.9. The maximum atomic E-state index is 12.6. The van der Waals surface area contributed by atoms with Gasteiger partial charge in [0, 0.05) is 18.4 Å². The predicted molar refractivity (Wildman–Crippen MR) is 82.2 cm³/mol. The van der Waals surface area contributed by atoms with Gasteiger partial charge in [0.15, 0.2) is 5.76 Å². The molecule has 1 saturated carbocycles. The molecule has 1 aliphatic carbocycles. The Bertz CT molecular complexity index is 653. The van der Waals surface area contributed by atoms with E-state index in [1.807, 2.05) is 18.2 Å². The highest BCUT2D eigenvalue weighted by Crippen LogP contribution is 2.34. The fraction of sp³-hybridized carbons (Fsp3) is 0.471. The molecule has 0 unspecified atom stereocenters. The molecule has 0 spiro atoms. The van der Waals surface area contributed by atoms with E-state index in [1.165, 1.54) is 6.42 Å². The Morgan fingerprint density at radius 3 is 2.81 bits per heavy atom. The van der Waals surface area contributed by atoms with Gasteiger partial charge in [0.05, 0.1) is 12.3 Å². The first kappa shape index (κ1) is 14.1. The highest BCUT2D eigenvalue weighted by atomic mass is 16.5. The van der Waals surface area contributed by atoms with E-state index in [0.29, 0.717) is 23.6 Å². The van der Waals surface area contributed by atoms with E-state index >= 15 is 0 Å². The summed E-state index contributed by atoms with van der Waals surface area (Å²) in [4.78, 5) is 12.6. The summed E-state index contributed by atoms with van der Waals surface area (Å²) in [7, 11) is 1.65. The molecule has 0 atom stereocenters. The number of ether oxygens (including phenoxy) is 1. The maximum absolute atomic E-state index is 12.6. The molecule has 3 rings (SSSR count). The van der Waals surface area contributed by atoms with Gasteiger partial charge < -0.3 is 14.9 Å². The number of hydrogen-bond donors (Lipinski definition) is 1. The third-order valence-corrected chi connectivity index (χ3v) is 4.30. The van der Waals surface area contributed by atoms with E-state index in [0.717, 1.165) is 36.6 Å². The highest BCUT2D eigenvalue weighted by Gasteiger charge is 2.27. The molecule has 1 aromatic carbocycles. The van der Waals surface area contributed by atoms with E-state index in [9.17, 15) is 4.79 Å². The van der Waals surface area contributed by atoms with Crippen LogP contribution in [-0.4, -0.2) is 12.9 Å². The molecule has 112 valence electrons. The standard InChI is InChI=1S/C17H21NO3/c1-20-10-11-7-8-13-14(9-11)21-17(15(13)18)16(19)12-5-3-2-4-6-12/h7-9,12H,2-6,10,18H2,1H3. The third kappa shape index (κ3) is 2.68. The van der Waals surface area contributed by atoms with Gasteiger partial charge in [-0.3, -0.25) is 4.79 Å². The average molecular weight is 287 g/mol. The number of carbonyl (C=O) groups excluding carboxylic acids is 1. The zero-order valence-electron chi connectivity index (χ0n) is 12.4. The Morgan fingerprint density at radius 1 is 1.33 bits per heavy atom. The van der Waals surface area contributed by atoms with Crippen LogP contribution in [0.2, 0.25) is 0 Å². The van der Waals surface area contributed by atoms with Gasteiger partial charge in [0.1, 0.15) is 5.58 Å². The lowest BCUT2D eigenvalue weighted by Crippen LogP contribution is -2.18. The summed E-state index contributed by atoms with van der Waals surface area (Å²) in [6.07, 6.45) is 5.36. The molecule has 4 nitrogen and oxygen atoms in total. The number of hydrogen-bond acceptors (Lipinski definition) is 4. The second-order valence-corrected chi connectivity index (χ2v) is 5.81. The van der Waals surface area contributed by atoms with Gasteiger partial charge in [-0.1, -0.05) is 25.3 Å². The number of fused-ring (bicyclic) bond motifs is 1. The zero-order valence-corrected chi connectivity index (χ0v) is 12.4. The Hall–Kier alpha value is -1.81. The van der Waals surface area contributed by atoms with Gasteiger partial charge >= 0.3 is 0 Å². The SMILES string of the molecule is COCc1ccc2c(N)c(C(=O)C3CCCCC3)oc2c1. The molecule has 0 amide bonds. The van der Waals surface area contributed by atoms with Crippen LogP contribution >= 0.6 is 0 Å². The zero-order chi connectivity index (χ0) is 14.8. The van der Waals surface area contributed by atoms with Gasteiger partial charge in [-0.2, -0.15) is 0 Å². The van der Waals surface area contributed by atoms with E-state index in [4.69, 9.17) is 14.9 Å². The number of methoxy groups -OCH3 is 1. The largest absolute Gasteiger partial charge is 0.451 e. The van der Waals surface area contributed by atoms with Crippen LogP contribution in [0.5, 0.6) is 0 Å². The van der Waals surface area contributed by atoms with E-state index in [1.54, 1.807) is 7.11 Å². The first-order valence-electron chi connectivity index (χ1n) is 7.54. The maximum Gasteiger partial charge on any atom is 0.203 e. The number of nitrogens with two attached hydrogens (primary N) is 1. The van der Waals surface area contributed by atoms with Crippen molar-refractivity contribution in [1.82, 2.24) is 0 Å². The molecule has 1 aromatic heterocycles. The van der Waals surface area contributed by atoms with Crippen LogP contribution in [0.3, 0.4) is 0 Å². The number of ketones is 1. The fourth-order valence-corrected chi connectivity index (χ4v) is 3.15. The van der Waals surface area contributed by atoms with Crippen molar-refractivity contribution in [2.45, 2.75) is 38.7 Å². The lowest BCUT2D eigenvalue weighted by Gasteiger charge is -2.19. The molecule has 0 radical (unpaired) electrons. The number of Topliss-reactive ketones (excluding diaryl/α,β-unsaturated/α-hetero) is 1. The monoisotopic (exact) mass is 287 g/mol. The van der Waals surface area contributed by atoms with Crippen LogP contribution < -0.4 is 5.73 Å². The Kier molecular flexibility index (Phi) is 3.97. The second kappa shape index (κ2) is 5.90. The summed E-state index contributed by atoms with van der Waals surface area (Å²) in [5, 5.41) is 0.814. The molecular weight excluding hydrogens is 266 g/mol. The number of furan rings is 1. The van der Waals surface area contributed by atoms with Gasteiger partial charge in [-0.15, -0.1) is 0 Å². The second-order valence-electron chi connectivity index (χ2n) is 5.81. The van der Waals surface area contributed by atoms with Gasteiger partial charge in [0.2, 0.25) is 5.78 Å². The van der Waals surface area contributed by atoms with Crippen molar-refractivity contribution in [2.75, 3.05) is 12.8 Å². The number of anilines is 1. The smallest absolute Gasteiger partial charge is 0.203 e. The molecule has 1 aliphatic rings. The van der Waals surface area contributed by atoms with E-state index in [2.05, 4.69) is 0 Å². The summed E-state index contributed by atoms with van der Waals surface area (Å²) in [6, 6.07) is 5.75. The molecule has 21 heavy (non-hydrogen) atoms. The third-order valence-electron chi connectivity index (χ3n) is 4.30. The van der Waals surface area contributed by atoms with Crippen LogP contribution in [0.1, 0.15) is 48.2 Å². The quantitative estimate of drug-likeness (QED) is 0.865. The molecular formula is C17H21NO3. The minimum Gasteiger partial charge on any atom is -0.451 e. The van der Waals surface area contributed by atoms with Crippen LogP contribution in [0.4, 0.5) is 5.69 Å². The van der Waals surface area contributed by atoms with Crippen molar-refractivity contribution in [3.05, 3.63) is 29.5 Å². The number of carbonyl (C=O) groups is 1. The Labute approximate surface area is 124 Å². The molecule has 0 saturated heterocycles. The predicted octanol–water partition coefficient (Wildman–Crippen LogP) is 3.92. The van der Waals surface area contributed by atoms with Crippen molar-refractivity contribution in [2.24, 2.45) is 5.92 Å². The van der Waals surface area contributed by atoms with Crippen LogP contribution in [0, 0.1) is 5.92 Å². The molecule has 2 N–H and O–H groups in total. The van der Waals surface area contributed by atoms with Crippen LogP contribution in [0.25, 0.3) is 11.0 Å². The van der Waals surface area contributed by atoms with E-state index < -0.39 is 0 Å². The number of benzene rings is 1. The summed E-state index contributed by atoms with van der Waals surface area (Å²) in [5.41, 5.74) is 8.28. The Balaban J connectivity index is 1.94. The van der Waals surface area contributed by atoms with Crippen molar-refractivity contribution in [3.63, 3.8) is 0 Å². The lowest BCUT2D eigenvalue weighted by molar-refractivity contribution is 0.0864. The minimum absolute atomic E-state index is 0.0664. The lowest BCUT2D eigenvalue weighted by atomic mass is 9.85. The normalized spacial score (nSPS) is 16.4. The first-order valence-corrected chi connectivity index (χ1v) is 7.54. The van der Waals surface area contributed by atoms with Gasteiger partial charge in [0.25, 0.3) is 0 Å². The first-order chi connectivity index (χ1) is 10.2. The van der Waals surface area contributed by atoms with Gasteiger partial charge in [-0.05, 0) is 30.5 Å². The Morgan fingerprint density at radius 2 is 2.10 bits per heavy atom. The number of nitrogen functional groups attached to an aromatic ring is 1. The molecule has 1 fully saturated rings. The van der Waals surface area contributed by atoms with Gasteiger partial charge in [-0.25, -0.2) is 0 Å².